The second kappa shape index (κ2) is 6.64. The molecule has 1 atom stereocenters. The number of nitrogens with one attached hydrogen (secondary N) is 2. The van der Waals surface area contributed by atoms with Crippen LogP contribution in [0.1, 0.15) is 33.6 Å². The molecule has 0 saturated heterocycles. The molecule has 3 N–H and O–H groups in total. The zero-order chi connectivity index (χ0) is 14.3. The third kappa shape index (κ3) is 5.34. The molecule has 0 heterocycles. The summed E-state index contributed by atoms with van der Waals surface area (Å²) in [7, 11) is 0. The molecule has 0 rings (SSSR count). The molecule has 0 aliphatic heterocycles. The minimum atomic E-state index is -1.22. The van der Waals surface area contributed by atoms with Crippen molar-refractivity contribution in [3.8, 4) is 12.3 Å². The predicted molar refractivity (Wildman–Crippen MR) is 65.6 cm³/mol. The molecule has 0 aromatic rings. The molecule has 0 fully saturated rings. The van der Waals surface area contributed by atoms with Gasteiger partial charge in [0.05, 0.1) is 11.5 Å². The van der Waals surface area contributed by atoms with Crippen molar-refractivity contribution < 1.29 is 19.5 Å². The van der Waals surface area contributed by atoms with E-state index in [1.54, 1.807) is 6.92 Å². The first kappa shape index (κ1) is 16.0. The van der Waals surface area contributed by atoms with E-state index in [9.17, 15) is 14.4 Å². The Hall–Kier alpha value is -2.03. The molecule has 3 amide bonds. The molecule has 0 spiro atoms. The predicted octanol–water partition coefficient (Wildman–Crippen LogP) is 0.725. The minimum Gasteiger partial charge on any atom is -0.481 e. The van der Waals surface area contributed by atoms with E-state index in [4.69, 9.17) is 11.5 Å². The lowest BCUT2D eigenvalue weighted by molar-refractivity contribution is -0.149. The number of carboxylic acid groups (broad SMARTS) is 1. The summed E-state index contributed by atoms with van der Waals surface area (Å²) in [5.74, 6) is 0.581. The summed E-state index contributed by atoms with van der Waals surface area (Å²) in [4.78, 5) is 33.6. The van der Waals surface area contributed by atoms with Crippen molar-refractivity contribution >= 4 is 17.9 Å². The van der Waals surface area contributed by atoms with Gasteiger partial charge in [-0.3, -0.25) is 14.9 Å². The fraction of sp³-hybridized carbons (Fsp3) is 0.583. The molecule has 100 valence electrons. The lowest BCUT2D eigenvalue weighted by Gasteiger charge is -2.18. The molecule has 0 saturated carbocycles. The van der Waals surface area contributed by atoms with Gasteiger partial charge in [-0.2, -0.15) is 0 Å². The average Bonchev–Trinajstić information content (AvgIpc) is 2.24. The van der Waals surface area contributed by atoms with Crippen LogP contribution in [0, 0.1) is 17.8 Å². The largest absolute Gasteiger partial charge is 0.481 e. The number of aliphatic carboxylic acids is 1. The van der Waals surface area contributed by atoms with E-state index < -0.39 is 29.4 Å². The first-order chi connectivity index (χ1) is 8.22. The molecule has 0 aliphatic rings. The lowest BCUT2D eigenvalue weighted by Crippen LogP contribution is -2.45. The fourth-order valence-corrected chi connectivity index (χ4v) is 1.10. The van der Waals surface area contributed by atoms with Gasteiger partial charge < -0.3 is 10.4 Å². The first-order valence-electron chi connectivity index (χ1n) is 5.52. The van der Waals surface area contributed by atoms with Crippen molar-refractivity contribution in [2.75, 3.05) is 0 Å². The highest BCUT2D eigenvalue weighted by Gasteiger charge is 2.30. The van der Waals surface area contributed by atoms with Crippen LogP contribution in [0.15, 0.2) is 0 Å². The van der Waals surface area contributed by atoms with E-state index in [0.717, 1.165) is 0 Å². The maximum atomic E-state index is 11.4. The number of carbonyl (C=O) groups is 3. The number of rotatable bonds is 5. The highest BCUT2D eigenvalue weighted by Crippen LogP contribution is 2.19. The van der Waals surface area contributed by atoms with E-state index >= 15 is 0 Å². The van der Waals surface area contributed by atoms with Gasteiger partial charge in [0.2, 0.25) is 5.91 Å². The SMILES string of the molecule is C#CC(CC)NC(=O)NC(=O)CC(C)(C)C(=O)O. The number of hydrogen-bond donors (Lipinski definition) is 3. The van der Waals surface area contributed by atoms with Crippen molar-refractivity contribution in [1.29, 1.82) is 0 Å². The van der Waals surface area contributed by atoms with Gasteiger partial charge in [-0.05, 0) is 20.3 Å². The molecule has 0 bridgehead atoms. The number of imide groups is 1. The molecule has 18 heavy (non-hydrogen) atoms. The smallest absolute Gasteiger partial charge is 0.322 e. The van der Waals surface area contributed by atoms with Crippen molar-refractivity contribution in [3.63, 3.8) is 0 Å². The summed E-state index contributed by atoms with van der Waals surface area (Å²) in [6.07, 6.45) is 5.40. The van der Waals surface area contributed by atoms with Crippen LogP contribution in [0.2, 0.25) is 0 Å². The first-order valence-corrected chi connectivity index (χ1v) is 5.52. The zero-order valence-electron chi connectivity index (χ0n) is 10.7. The molecular weight excluding hydrogens is 236 g/mol. The van der Waals surface area contributed by atoms with E-state index in [1.165, 1.54) is 13.8 Å². The molecule has 6 heteroatoms. The molecular formula is C12H18N2O4. The summed E-state index contributed by atoms with van der Waals surface area (Å²) in [6, 6.07) is -1.17. The third-order valence-electron chi connectivity index (χ3n) is 2.35. The Balaban J connectivity index is 4.30. The van der Waals surface area contributed by atoms with E-state index in [0.29, 0.717) is 6.42 Å². The van der Waals surface area contributed by atoms with Crippen molar-refractivity contribution in [1.82, 2.24) is 10.6 Å². The summed E-state index contributed by atoms with van der Waals surface area (Å²) < 4.78 is 0. The van der Waals surface area contributed by atoms with Gasteiger partial charge in [-0.15, -0.1) is 6.42 Å². The topological polar surface area (TPSA) is 95.5 Å². The van der Waals surface area contributed by atoms with Gasteiger partial charge in [0.1, 0.15) is 0 Å². The van der Waals surface area contributed by atoms with Gasteiger partial charge in [-0.25, -0.2) is 4.79 Å². The second-order valence-corrected chi connectivity index (χ2v) is 4.51. The third-order valence-corrected chi connectivity index (χ3v) is 2.35. The Morgan fingerprint density at radius 3 is 2.33 bits per heavy atom. The zero-order valence-corrected chi connectivity index (χ0v) is 10.7. The van der Waals surface area contributed by atoms with E-state index in [-0.39, 0.29) is 6.42 Å². The molecule has 0 aliphatic carbocycles. The van der Waals surface area contributed by atoms with Gasteiger partial charge in [0, 0.05) is 6.42 Å². The number of carbonyl (C=O) groups excluding carboxylic acids is 2. The average molecular weight is 254 g/mol. The van der Waals surface area contributed by atoms with Crippen LogP contribution in [-0.2, 0) is 9.59 Å². The number of hydrogen-bond acceptors (Lipinski definition) is 3. The quantitative estimate of drug-likeness (QED) is 0.630. The van der Waals surface area contributed by atoms with Crippen molar-refractivity contribution in [2.45, 2.75) is 39.7 Å². The standard InChI is InChI=1S/C12H18N2O4/c1-5-8(6-2)13-11(18)14-9(15)7-12(3,4)10(16)17/h1,8H,6-7H2,2-4H3,(H,16,17)(H2,13,14,15,18). The summed E-state index contributed by atoms with van der Waals surface area (Å²) >= 11 is 0. The van der Waals surface area contributed by atoms with Crippen LogP contribution in [0.3, 0.4) is 0 Å². The van der Waals surface area contributed by atoms with Gasteiger partial charge >= 0.3 is 12.0 Å². The summed E-state index contributed by atoms with van der Waals surface area (Å²) in [6.45, 7) is 4.60. The molecule has 0 aromatic heterocycles. The summed E-state index contributed by atoms with van der Waals surface area (Å²) in [5, 5.41) is 13.3. The van der Waals surface area contributed by atoms with Crippen LogP contribution < -0.4 is 10.6 Å². The van der Waals surface area contributed by atoms with E-state index in [1.807, 2.05) is 5.32 Å². The van der Waals surface area contributed by atoms with Crippen LogP contribution in [-0.4, -0.2) is 29.1 Å². The maximum absolute atomic E-state index is 11.4. The maximum Gasteiger partial charge on any atom is 0.322 e. The van der Waals surface area contributed by atoms with Crippen LogP contribution in [0.4, 0.5) is 4.79 Å². The molecule has 0 aromatic carbocycles. The Morgan fingerprint density at radius 2 is 1.94 bits per heavy atom. The number of carboxylic acids is 1. The van der Waals surface area contributed by atoms with Crippen LogP contribution in [0.5, 0.6) is 0 Å². The molecule has 6 nitrogen and oxygen atoms in total. The van der Waals surface area contributed by atoms with Gasteiger partial charge in [0.25, 0.3) is 0 Å². The fourth-order valence-electron chi connectivity index (χ4n) is 1.10. The Kier molecular flexibility index (Phi) is 5.89. The Bertz CT molecular complexity index is 382. The van der Waals surface area contributed by atoms with Crippen LogP contribution >= 0.6 is 0 Å². The highest BCUT2D eigenvalue weighted by atomic mass is 16.4. The van der Waals surface area contributed by atoms with E-state index in [2.05, 4.69) is 11.2 Å². The highest BCUT2D eigenvalue weighted by molar-refractivity contribution is 5.96. The number of terminal acetylenes is 1. The van der Waals surface area contributed by atoms with Crippen molar-refractivity contribution in [3.05, 3.63) is 0 Å². The lowest BCUT2D eigenvalue weighted by atomic mass is 9.89. The van der Waals surface area contributed by atoms with Gasteiger partial charge in [0.15, 0.2) is 0 Å². The summed E-state index contributed by atoms with van der Waals surface area (Å²) in [5.41, 5.74) is -1.22. The minimum absolute atomic E-state index is 0.289. The monoisotopic (exact) mass is 254 g/mol. The number of urea groups is 1. The van der Waals surface area contributed by atoms with Gasteiger partial charge in [-0.1, -0.05) is 12.8 Å². The Labute approximate surface area is 106 Å². The molecule has 0 radical (unpaired) electrons. The molecule has 1 unspecified atom stereocenters. The van der Waals surface area contributed by atoms with Crippen LogP contribution in [0.25, 0.3) is 0 Å². The van der Waals surface area contributed by atoms with Crippen molar-refractivity contribution in [2.24, 2.45) is 5.41 Å². The number of amides is 3. The normalized spacial score (nSPS) is 12.1. The second-order valence-electron chi connectivity index (χ2n) is 4.51. The Morgan fingerprint density at radius 1 is 1.39 bits per heavy atom.